The molecule has 0 spiro atoms. The van der Waals surface area contributed by atoms with E-state index in [0.29, 0.717) is 37.7 Å². The zero-order valence-corrected chi connectivity index (χ0v) is 19.9. The van der Waals surface area contributed by atoms with Crippen LogP contribution in [-0.4, -0.2) is 65.1 Å². The van der Waals surface area contributed by atoms with Crippen LogP contribution in [0.15, 0.2) is 30.3 Å². The molecule has 1 aliphatic carbocycles. The number of hydrogen-bond acceptors (Lipinski definition) is 7. The summed E-state index contributed by atoms with van der Waals surface area (Å²) in [6, 6.07) is 8.08. The highest BCUT2D eigenvalue weighted by Gasteiger charge is 2.25. The van der Waals surface area contributed by atoms with Gasteiger partial charge in [0, 0.05) is 41.8 Å². The van der Waals surface area contributed by atoms with Gasteiger partial charge in [0.25, 0.3) is 11.8 Å². The third-order valence-electron chi connectivity index (χ3n) is 6.80. The number of fused-ring (bicyclic) bond motifs is 1. The topological polar surface area (TPSA) is 151 Å². The zero-order valence-electron chi connectivity index (χ0n) is 19.9. The van der Waals surface area contributed by atoms with Crippen LogP contribution in [0.2, 0.25) is 0 Å². The Labute approximate surface area is 207 Å². The first-order valence-electron chi connectivity index (χ1n) is 12.2. The molecule has 0 unspecified atom stereocenters. The molecule has 1 saturated heterocycles. The number of carbonyl (C=O) groups excluding carboxylic acids is 2. The van der Waals surface area contributed by atoms with E-state index in [1.54, 1.807) is 17.0 Å². The van der Waals surface area contributed by atoms with Crippen LogP contribution in [-0.2, 0) is 4.74 Å². The van der Waals surface area contributed by atoms with Gasteiger partial charge in [-0.1, -0.05) is 12.8 Å². The van der Waals surface area contributed by atoms with Crippen molar-refractivity contribution in [2.24, 2.45) is 11.5 Å². The van der Waals surface area contributed by atoms with E-state index >= 15 is 0 Å². The van der Waals surface area contributed by atoms with Crippen molar-refractivity contribution in [3.8, 4) is 0 Å². The van der Waals surface area contributed by atoms with Crippen LogP contribution in [0.5, 0.6) is 0 Å². The molecule has 1 saturated carbocycles. The largest absolute Gasteiger partial charge is 0.378 e. The van der Waals surface area contributed by atoms with Gasteiger partial charge in [-0.25, -0.2) is 9.37 Å². The highest BCUT2D eigenvalue weighted by Crippen LogP contribution is 2.28. The number of nitrogens with two attached hydrogens (primary N) is 2. The van der Waals surface area contributed by atoms with Crippen molar-refractivity contribution in [3.63, 3.8) is 0 Å². The number of anilines is 3. The van der Waals surface area contributed by atoms with Gasteiger partial charge in [-0.2, -0.15) is 0 Å². The smallest absolute Gasteiger partial charge is 0.270 e. The SMILES string of the molecule is NC(=O)c1cc(F)c(N[C@@H]2CCCC[C@@H]2N)nc1Nc1ccc2[nH]c(C(=O)N3CCOCC3)cc2c1. The molecule has 3 heterocycles. The van der Waals surface area contributed by atoms with E-state index in [2.05, 4.69) is 20.6 Å². The lowest BCUT2D eigenvalue weighted by Crippen LogP contribution is -2.43. The molecule has 1 aromatic carbocycles. The second kappa shape index (κ2) is 10.1. The van der Waals surface area contributed by atoms with E-state index in [0.717, 1.165) is 42.7 Å². The Morgan fingerprint density at radius 1 is 1.11 bits per heavy atom. The molecule has 2 amide bonds. The molecule has 3 aromatic rings. The summed E-state index contributed by atoms with van der Waals surface area (Å²) in [4.78, 5) is 34.1. The lowest BCUT2D eigenvalue weighted by molar-refractivity contribution is 0.0299. The quantitative estimate of drug-likeness (QED) is 0.353. The number of benzene rings is 1. The van der Waals surface area contributed by atoms with Crippen LogP contribution in [0.1, 0.15) is 46.5 Å². The standard InChI is InChI=1S/C25H30FN7O3/c26-17-13-16(22(28)34)23(32-24(17)31-20-4-2-1-3-18(20)27)29-15-5-6-19-14(11-15)12-21(30-19)25(35)33-7-9-36-10-8-33/h5-6,11-13,18,20,30H,1-4,7-10,27H2,(H2,28,34)(H2,29,31,32)/t18-,20+/m0/s1. The van der Waals surface area contributed by atoms with Crippen LogP contribution in [0.4, 0.5) is 21.7 Å². The van der Waals surface area contributed by atoms with Gasteiger partial charge < -0.3 is 36.7 Å². The fourth-order valence-corrected chi connectivity index (χ4v) is 4.79. The molecule has 7 N–H and O–H groups in total. The summed E-state index contributed by atoms with van der Waals surface area (Å²) in [7, 11) is 0. The predicted molar refractivity (Wildman–Crippen MR) is 135 cm³/mol. The van der Waals surface area contributed by atoms with Crippen LogP contribution in [0, 0.1) is 5.82 Å². The number of primary amides is 1. The van der Waals surface area contributed by atoms with E-state index in [-0.39, 0.29) is 35.2 Å². The second-order valence-electron chi connectivity index (χ2n) is 9.29. The molecule has 2 aromatic heterocycles. The molecule has 5 rings (SSSR count). The van der Waals surface area contributed by atoms with E-state index in [9.17, 15) is 14.0 Å². The number of rotatable bonds is 6. The van der Waals surface area contributed by atoms with Gasteiger partial charge in [0.15, 0.2) is 11.6 Å². The van der Waals surface area contributed by atoms with Gasteiger partial charge in [-0.05, 0) is 43.2 Å². The lowest BCUT2D eigenvalue weighted by atomic mass is 9.91. The van der Waals surface area contributed by atoms with Crippen LogP contribution < -0.4 is 22.1 Å². The molecule has 190 valence electrons. The number of pyridine rings is 1. The number of carbonyl (C=O) groups is 2. The lowest BCUT2D eigenvalue weighted by Gasteiger charge is -2.30. The first-order valence-corrected chi connectivity index (χ1v) is 12.2. The van der Waals surface area contributed by atoms with Gasteiger partial charge in [0.2, 0.25) is 0 Å². The van der Waals surface area contributed by atoms with Crippen LogP contribution >= 0.6 is 0 Å². The Hall–Kier alpha value is -3.70. The monoisotopic (exact) mass is 495 g/mol. The molecule has 10 nitrogen and oxygen atoms in total. The predicted octanol–water partition coefficient (Wildman–Crippen LogP) is 2.70. The summed E-state index contributed by atoms with van der Waals surface area (Å²) >= 11 is 0. The van der Waals surface area contributed by atoms with Gasteiger partial charge in [0.05, 0.1) is 18.8 Å². The molecule has 1 aliphatic heterocycles. The zero-order chi connectivity index (χ0) is 25.2. The summed E-state index contributed by atoms with van der Waals surface area (Å²) in [5.41, 5.74) is 13.5. The Morgan fingerprint density at radius 2 is 1.89 bits per heavy atom. The number of H-pyrrole nitrogens is 1. The number of amides is 2. The Kier molecular flexibility index (Phi) is 6.75. The van der Waals surface area contributed by atoms with Gasteiger partial charge in [-0.3, -0.25) is 9.59 Å². The maximum absolute atomic E-state index is 14.8. The van der Waals surface area contributed by atoms with E-state index in [1.807, 2.05) is 12.1 Å². The number of morpholine rings is 1. The Morgan fingerprint density at radius 3 is 2.64 bits per heavy atom. The minimum atomic E-state index is -0.800. The molecular weight excluding hydrogens is 465 g/mol. The molecule has 2 fully saturated rings. The van der Waals surface area contributed by atoms with Crippen molar-refractivity contribution in [2.75, 3.05) is 36.9 Å². The number of aromatic amines is 1. The minimum absolute atomic E-state index is 0.0194. The third-order valence-corrected chi connectivity index (χ3v) is 6.80. The first-order chi connectivity index (χ1) is 17.4. The number of nitrogens with zero attached hydrogens (tertiary/aromatic N) is 2. The van der Waals surface area contributed by atoms with Crippen molar-refractivity contribution in [1.82, 2.24) is 14.9 Å². The molecule has 2 atom stereocenters. The van der Waals surface area contributed by atoms with Crippen molar-refractivity contribution < 1.29 is 18.7 Å². The van der Waals surface area contributed by atoms with Crippen molar-refractivity contribution in [2.45, 2.75) is 37.8 Å². The molecule has 2 aliphatic rings. The molecule has 0 radical (unpaired) electrons. The van der Waals surface area contributed by atoms with E-state index in [4.69, 9.17) is 16.2 Å². The number of hydrogen-bond donors (Lipinski definition) is 5. The summed E-state index contributed by atoms with van der Waals surface area (Å²) in [6.45, 7) is 2.15. The fourth-order valence-electron chi connectivity index (χ4n) is 4.79. The normalized spacial score (nSPS) is 20.3. The third kappa shape index (κ3) is 4.98. The highest BCUT2D eigenvalue weighted by molar-refractivity contribution is 6.00. The molecular formula is C25H30FN7O3. The molecule has 0 bridgehead atoms. The first kappa shape index (κ1) is 24.0. The molecule has 11 heteroatoms. The van der Waals surface area contributed by atoms with Gasteiger partial charge in [0.1, 0.15) is 11.5 Å². The average molecular weight is 496 g/mol. The van der Waals surface area contributed by atoms with Crippen molar-refractivity contribution in [1.29, 1.82) is 0 Å². The Balaban J connectivity index is 1.40. The average Bonchev–Trinajstić information content (AvgIpc) is 3.30. The highest BCUT2D eigenvalue weighted by atomic mass is 19.1. The second-order valence-corrected chi connectivity index (χ2v) is 9.29. The number of halogens is 1. The van der Waals surface area contributed by atoms with Gasteiger partial charge >= 0.3 is 0 Å². The fraction of sp³-hybridized carbons (Fsp3) is 0.400. The summed E-state index contributed by atoms with van der Waals surface area (Å²) in [6.07, 6.45) is 3.73. The van der Waals surface area contributed by atoms with Crippen molar-refractivity contribution >= 4 is 40.0 Å². The summed E-state index contributed by atoms with van der Waals surface area (Å²) < 4.78 is 20.1. The van der Waals surface area contributed by atoms with E-state index in [1.165, 1.54) is 0 Å². The Bertz CT molecular complexity index is 1290. The maximum Gasteiger partial charge on any atom is 0.270 e. The minimum Gasteiger partial charge on any atom is -0.378 e. The van der Waals surface area contributed by atoms with Crippen LogP contribution in [0.3, 0.4) is 0 Å². The van der Waals surface area contributed by atoms with Crippen LogP contribution in [0.25, 0.3) is 10.9 Å². The summed E-state index contributed by atoms with van der Waals surface area (Å²) in [5.74, 6) is -1.40. The number of nitrogens with one attached hydrogen (secondary N) is 3. The van der Waals surface area contributed by atoms with E-state index < -0.39 is 11.7 Å². The number of aromatic nitrogens is 2. The summed E-state index contributed by atoms with van der Waals surface area (Å²) in [5, 5.41) is 6.99. The van der Waals surface area contributed by atoms with Crippen molar-refractivity contribution in [3.05, 3.63) is 47.4 Å². The maximum atomic E-state index is 14.8. The number of ether oxygens (including phenoxy) is 1. The molecule has 36 heavy (non-hydrogen) atoms. The van der Waals surface area contributed by atoms with Gasteiger partial charge in [-0.15, -0.1) is 0 Å².